The van der Waals surface area contributed by atoms with Gasteiger partial charge in [-0.3, -0.25) is 9.30 Å². The van der Waals surface area contributed by atoms with Crippen molar-refractivity contribution in [3.8, 4) is 11.5 Å². The number of fused-ring (bicyclic) bond motifs is 3. The molecule has 3 aliphatic rings. The minimum absolute atomic E-state index is 0.239. The monoisotopic (exact) mass is 532 g/mol. The lowest BCUT2D eigenvalue weighted by atomic mass is 9.75. The van der Waals surface area contributed by atoms with Gasteiger partial charge in [-0.2, -0.15) is 0 Å². The number of rotatable bonds is 7. The second-order valence-electron chi connectivity index (χ2n) is 10.1. The van der Waals surface area contributed by atoms with Gasteiger partial charge in [-0.15, -0.1) is 0 Å². The quantitative estimate of drug-likeness (QED) is 0.407. The second-order valence-corrected chi connectivity index (χ2v) is 12.1. The molecule has 5 rings (SSSR count). The zero-order valence-corrected chi connectivity index (χ0v) is 23.4. The van der Waals surface area contributed by atoms with Crippen LogP contribution in [-0.2, 0) is 10.0 Å². The molecule has 1 fully saturated rings. The average Bonchev–Trinajstić information content (AvgIpc) is 3.17. The van der Waals surface area contributed by atoms with Crippen molar-refractivity contribution in [1.29, 1.82) is 0 Å². The van der Waals surface area contributed by atoms with E-state index in [0.29, 0.717) is 35.3 Å². The van der Waals surface area contributed by atoms with E-state index in [9.17, 15) is 8.42 Å². The van der Waals surface area contributed by atoms with Gasteiger partial charge in [0.2, 0.25) is 0 Å². The lowest BCUT2D eigenvalue weighted by Crippen LogP contribution is -2.30. The van der Waals surface area contributed by atoms with Crippen LogP contribution >= 0.6 is 0 Å². The molecule has 0 aromatic heterocycles. The molecule has 1 saturated carbocycles. The Hall–Kier alpha value is -3.32. The molecular formula is C31H36N2O4S. The first-order valence-electron chi connectivity index (χ1n) is 13.4. The Morgan fingerprint density at radius 1 is 1.03 bits per heavy atom. The number of anilines is 1. The van der Waals surface area contributed by atoms with Crippen molar-refractivity contribution >= 4 is 21.4 Å². The molecule has 0 amide bonds. The minimum Gasteiger partial charge on any atom is -0.493 e. The molecular weight excluding hydrogens is 496 g/mol. The fraction of sp³-hybridized carbons (Fsp3) is 0.387. The highest BCUT2D eigenvalue weighted by Gasteiger charge is 2.34. The number of hydrogen-bond acceptors (Lipinski definition) is 5. The molecule has 0 N–H and O–H groups in total. The number of benzene rings is 2. The fourth-order valence-electron chi connectivity index (χ4n) is 5.64. The summed E-state index contributed by atoms with van der Waals surface area (Å²) in [4.78, 5) is 5.55. The summed E-state index contributed by atoms with van der Waals surface area (Å²) in [5, 5.41) is 0. The highest BCUT2D eigenvalue weighted by Crippen LogP contribution is 2.45. The van der Waals surface area contributed by atoms with Gasteiger partial charge in [-0.25, -0.2) is 8.42 Å². The molecule has 6 nitrogen and oxygen atoms in total. The molecule has 38 heavy (non-hydrogen) atoms. The maximum Gasteiger partial charge on any atom is 0.263 e. The molecule has 1 aliphatic heterocycles. The number of nitrogens with zero attached hydrogens (tertiary/aromatic N) is 2. The SMILES string of the molecule is CCOc1cc2c(cc1OC)C(c1ccc(N(C)S(=O)(=O)C3=CCC=C(C)C=C3)cc1)=NC1CCCCC21. The van der Waals surface area contributed by atoms with Crippen molar-refractivity contribution in [3.63, 3.8) is 0 Å². The highest BCUT2D eigenvalue weighted by molar-refractivity contribution is 7.96. The van der Waals surface area contributed by atoms with E-state index < -0.39 is 10.0 Å². The number of allylic oxidation sites excluding steroid dienone is 5. The molecule has 0 saturated heterocycles. The van der Waals surface area contributed by atoms with Crippen LogP contribution in [0.3, 0.4) is 0 Å². The highest BCUT2D eigenvalue weighted by atomic mass is 32.2. The molecule has 0 radical (unpaired) electrons. The van der Waals surface area contributed by atoms with Gasteiger partial charge in [0.1, 0.15) is 0 Å². The standard InChI is InChI=1S/C31H36N2O4S/c1-5-37-30-19-26-25-11-6-7-12-28(25)32-31(27(26)20-29(30)36-4)22-14-16-23(17-15-22)33(3)38(34,35)24-10-8-9-21(2)13-18-24/h9-10,13-20,25,28H,5-8,11-12H2,1-4H3. The van der Waals surface area contributed by atoms with E-state index in [1.54, 1.807) is 26.3 Å². The predicted molar refractivity (Wildman–Crippen MR) is 154 cm³/mol. The Kier molecular flexibility index (Phi) is 7.48. The zero-order valence-electron chi connectivity index (χ0n) is 22.6. The molecule has 2 unspecified atom stereocenters. The summed E-state index contributed by atoms with van der Waals surface area (Å²) in [5.41, 5.74) is 5.88. The van der Waals surface area contributed by atoms with Crippen LogP contribution in [0.5, 0.6) is 11.5 Å². The Balaban J connectivity index is 1.50. The molecule has 2 aromatic carbocycles. The van der Waals surface area contributed by atoms with Crippen LogP contribution in [-0.4, -0.2) is 40.9 Å². The van der Waals surface area contributed by atoms with Crippen molar-refractivity contribution < 1.29 is 17.9 Å². The number of hydrogen-bond donors (Lipinski definition) is 0. The largest absolute Gasteiger partial charge is 0.493 e. The van der Waals surface area contributed by atoms with Crippen molar-refractivity contribution in [2.24, 2.45) is 4.99 Å². The first kappa shape index (κ1) is 26.3. The van der Waals surface area contributed by atoms with E-state index in [4.69, 9.17) is 14.5 Å². The molecule has 2 aromatic rings. The van der Waals surface area contributed by atoms with Gasteiger partial charge in [-0.05, 0) is 69.0 Å². The van der Waals surface area contributed by atoms with E-state index in [2.05, 4.69) is 12.1 Å². The average molecular weight is 533 g/mol. The first-order chi connectivity index (χ1) is 18.3. The third-order valence-electron chi connectivity index (χ3n) is 7.75. The lowest BCUT2D eigenvalue weighted by Gasteiger charge is -2.36. The van der Waals surface area contributed by atoms with E-state index in [-0.39, 0.29) is 6.04 Å². The van der Waals surface area contributed by atoms with Crippen molar-refractivity contribution in [3.05, 3.63) is 87.9 Å². The number of ether oxygens (including phenoxy) is 2. The number of methoxy groups -OCH3 is 1. The summed E-state index contributed by atoms with van der Waals surface area (Å²) < 4.78 is 39.6. The van der Waals surface area contributed by atoms with Gasteiger partial charge >= 0.3 is 0 Å². The fourth-order valence-corrected chi connectivity index (χ4v) is 6.90. The maximum absolute atomic E-state index is 13.3. The summed E-state index contributed by atoms with van der Waals surface area (Å²) in [6.07, 6.45) is 12.5. The molecule has 0 spiro atoms. The van der Waals surface area contributed by atoms with Crippen LogP contribution in [0.15, 0.2) is 76.2 Å². The number of sulfonamides is 1. The normalized spacial score (nSPS) is 20.8. The maximum atomic E-state index is 13.3. The first-order valence-corrected chi connectivity index (χ1v) is 14.8. The summed E-state index contributed by atoms with van der Waals surface area (Å²) >= 11 is 0. The van der Waals surface area contributed by atoms with Crippen LogP contribution in [0.1, 0.15) is 68.6 Å². The molecule has 7 heteroatoms. The third kappa shape index (κ3) is 4.92. The van der Waals surface area contributed by atoms with Gasteiger partial charge in [0.15, 0.2) is 11.5 Å². The van der Waals surface area contributed by atoms with E-state index in [1.165, 1.54) is 22.7 Å². The van der Waals surface area contributed by atoms with Crippen LogP contribution in [0.2, 0.25) is 0 Å². The molecule has 2 atom stereocenters. The van der Waals surface area contributed by atoms with E-state index in [1.807, 2.05) is 50.3 Å². The van der Waals surface area contributed by atoms with Gasteiger partial charge in [0.25, 0.3) is 10.0 Å². The summed E-state index contributed by atoms with van der Waals surface area (Å²) in [6.45, 7) is 4.52. The Morgan fingerprint density at radius 3 is 2.53 bits per heavy atom. The van der Waals surface area contributed by atoms with Gasteiger partial charge < -0.3 is 9.47 Å². The Labute approximate surface area is 226 Å². The Morgan fingerprint density at radius 2 is 1.79 bits per heavy atom. The van der Waals surface area contributed by atoms with Gasteiger partial charge in [0, 0.05) is 24.1 Å². The molecule has 0 bridgehead atoms. The van der Waals surface area contributed by atoms with Crippen LogP contribution in [0.4, 0.5) is 5.69 Å². The third-order valence-corrected chi connectivity index (χ3v) is 9.58. The number of aliphatic imine (C=N–C) groups is 1. The summed E-state index contributed by atoms with van der Waals surface area (Å²) in [5.74, 6) is 1.85. The molecule has 2 aliphatic carbocycles. The van der Waals surface area contributed by atoms with Gasteiger partial charge in [-0.1, -0.05) is 48.8 Å². The topological polar surface area (TPSA) is 68.2 Å². The second kappa shape index (κ2) is 10.8. The lowest BCUT2D eigenvalue weighted by molar-refractivity contribution is 0.308. The van der Waals surface area contributed by atoms with E-state index >= 15 is 0 Å². The van der Waals surface area contributed by atoms with Crippen molar-refractivity contribution in [1.82, 2.24) is 0 Å². The van der Waals surface area contributed by atoms with Crippen molar-refractivity contribution in [2.45, 2.75) is 57.9 Å². The van der Waals surface area contributed by atoms with Gasteiger partial charge in [0.05, 0.1) is 36.1 Å². The summed E-state index contributed by atoms with van der Waals surface area (Å²) in [6, 6.07) is 12.1. The minimum atomic E-state index is -3.67. The zero-order chi connectivity index (χ0) is 26.9. The van der Waals surface area contributed by atoms with Crippen molar-refractivity contribution in [2.75, 3.05) is 25.1 Å². The van der Waals surface area contributed by atoms with Crippen LogP contribution in [0.25, 0.3) is 0 Å². The van der Waals surface area contributed by atoms with Crippen LogP contribution < -0.4 is 13.8 Å². The van der Waals surface area contributed by atoms with Crippen LogP contribution in [0, 0.1) is 0 Å². The smallest absolute Gasteiger partial charge is 0.263 e. The Bertz CT molecular complexity index is 1430. The van der Waals surface area contributed by atoms with E-state index in [0.717, 1.165) is 41.0 Å². The summed E-state index contributed by atoms with van der Waals surface area (Å²) in [7, 11) is -0.407. The molecule has 200 valence electrons. The predicted octanol–water partition coefficient (Wildman–Crippen LogP) is 6.53. The molecule has 1 heterocycles.